The maximum Gasteiger partial charge on any atom is 0.363 e. The van der Waals surface area contributed by atoms with Crippen molar-refractivity contribution >= 4 is 95.6 Å². The smallest absolute Gasteiger partial charge is 0.363 e. The van der Waals surface area contributed by atoms with Gasteiger partial charge in [0.2, 0.25) is 15.9 Å². The number of anilines is 4. The number of para-hydroxylation sites is 2. The summed E-state index contributed by atoms with van der Waals surface area (Å²) in [7, 11) is -2.87. The molecule has 0 aliphatic carbocycles. The molecule has 326 valence electrons. The number of nitrogens with zero attached hydrogens (tertiary/aromatic N) is 4. The van der Waals surface area contributed by atoms with Crippen molar-refractivity contribution < 1.29 is 32.3 Å². The van der Waals surface area contributed by atoms with Gasteiger partial charge in [-0.25, -0.2) is 17.6 Å². The maximum absolute atomic E-state index is 15.0. The maximum atomic E-state index is 15.0. The number of fused-ring (bicyclic) bond motifs is 5. The highest BCUT2D eigenvalue weighted by Crippen LogP contribution is 2.46. The van der Waals surface area contributed by atoms with Crippen molar-refractivity contribution in [2.45, 2.75) is 35.6 Å². The van der Waals surface area contributed by atoms with Gasteiger partial charge < -0.3 is 20.2 Å². The number of carbonyl (C=O) groups is 3. The van der Waals surface area contributed by atoms with Crippen LogP contribution in [0.4, 0.5) is 22.7 Å². The van der Waals surface area contributed by atoms with Crippen LogP contribution in [-0.2, 0) is 43.7 Å². The van der Waals surface area contributed by atoms with Crippen molar-refractivity contribution in [1.29, 1.82) is 0 Å². The van der Waals surface area contributed by atoms with Crippen molar-refractivity contribution in [2.75, 3.05) is 42.2 Å². The van der Waals surface area contributed by atoms with Crippen molar-refractivity contribution in [3.05, 3.63) is 154 Å². The molecular formula is C50H42N5O7S3+. The van der Waals surface area contributed by atoms with Crippen molar-refractivity contribution in [2.24, 2.45) is 0 Å². The molecule has 2 atom stereocenters. The summed E-state index contributed by atoms with van der Waals surface area (Å²) in [5.74, 6) is -2.06. The molecular weight excluding hydrogens is 879 g/mol. The van der Waals surface area contributed by atoms with Gasteiger partial charge in [0, 0.05) is 59.8 Å². The molecule has 4 aliphatic rings. The van der Waals surface area contributed by atoms with E-state index in [9.17, 15) is 27.9 Å². The van der Waals surface area contributed by atoms with Gasteiger partial charge in [0.1, 0.15) is 17.1 Å². The number of likely N-dealkylation sites (N-methyl/N-ethyl adjacent to an activating group) is 1. The molecule has 12 nitrogen and oxygen atoms in total. The van der Waals surface area contributed by atoms with Gasteiger partial charge in [0.15, 0.2) is 0 Å². The van der Waals surface area contributed by atoms with Crippen LogP contribution < -0.4 is 15.1 Å². The summed E-state index contributed by atoms with van der Waals surface area (Å²) < 4.78 is 37.9. The predicted octanol–water partition coefficient (Wildman–Crippen LogP) is 8.59. The molecule has 0 saturated carbocycles. The standard InChI is InChI=1S/C50H41N5O7S3/c1-52(28-32-29-64-49-46(48(57)55(49)47(32)50(58)59)51-44(56)27-35-11-8-24-63-35)65(60,61)43-15-7-4-12-38(43)45-36-18-16-33(53-22-20-30-9-2-5-13-39(30)53)25-41(36)62-42-26-34(17-19-37(42)45)54-23-21-31-10-3-6-14-40(31)54/h2-19,24-26,46,49H,20-23,27-29H2,1H3,(H-,51,56,58,59)/p+1/t46-,49?/m1/s1. The molecule has 7 aromatic rings. The van der Waals surface area contributed by atoms with Gasteiger partial charge in [-0.3, -0.25) is 14.5 Å². The number of carboxylic acid groups (broad SMARTS) is 1. The Morgan fingerprint density at radius 3 is 2.05 bits per heavy atom. The van der Waals surface area contributed by atoms with E-state index in [4.69, 9.17) is 4.42 Å². The second-order valence-corrected chi connectivity index (χ2v) is 20.8. The molecule has 65 heavy (non-hydrogen) atoms. The minimum atomic E-state index is -4.30. The zero-order valence-corrected chi connectivity index (χ0v) is 37.6. The van der Waals surface area contributed by atoms with E-state index in [2.05, 4.69) is 63.6 Å². The third kappa shape index (κ3) is 7.04. The zero-order valence-electron chi connectivity index (χ0n) is 35.1. The number of β-lactam (4-membered cyclic amide) rings is 1. The van der Waals surface area contributed by atoms with Crippen LogP contribution in [0.2, 0.25) is 0 Å². The van der Waals surface area contributed by atoms with Crippen LogP contribution in [-0.4, -0.2) is 84.4 Å². The minimum absolute atomic E-state index is 0.0405. The van der Waals surface area contributed by atoms with Crippen molar-refractivity contribution in [1.82, 2.24) is 14.5 Å². The number of carbonyl (C=O) groups excluding carboxylic acids is 2. The molecule has 2 N–H and O–H groups in total. The van der Waals surface area contributed by atoms with E-state index in [1.807, 2.05) is 60.0 Å². The fourth-order valence-corrected chi connectivity index (χ4v) is 13.1. The number of carboxylic acids is 1. The Bertz CT molecular complexity index is 3150. The number of hydrogen-bond donors (Lipinski definition) is 2. The quantitative estimate of drug-likeness (QED) is 0.0737. The molecule has 1 fully saturated rings. The molecule has 1 saturated heterocycles. The minimum Gasteiger partial charge on any atom is -0.477 e. The number of amides is 2. The molecule has 15 heteroatoms. The summed E-state index contributed by atoms with van der Waals surface area (Å²) in [6.07, 6.45) is 1.95. The third-order valence-corrected chi connectivity index (χ3v) is 16.9. The van der Waals surface area contributed by atoms with Crippen LogP contribution >= 0.6 is 23.1 Å². The summed E-state index contributed by atoms with van der Waals surface area (Å²) >= 11 is 2.74. The molecule has 2 amide bonds. The Morgan fingerprint density at radius 1 is 0.815 bits per heavy atom. The SMILES string of the molecule is CN(CC1=C(C(=O)O)N2C(=O)[C@@H](NC(=O)Cc3cccs3)C2SC1)S(=O)(=O)c1ccccc1-c1c2ccc(N3CCc4ccccc43)cc2[o+]c2cc(N3CCc4ccccc43)ccc12. The lowest BCUT2D eigenvalue weighted by molar-refractivity contribution is -0.150. The Kier molecular flexibility index (Phi) is 10.3. The van der Waals surface area contributed by atoms with E-state index >= 15 is 0 Å². The summed E-state index contributed by atoms with van der Waals surface area (Å²) in [6, 6.07) is 38.6. The molecule has 2 aromatic heterocycles. The number of thiophene rings is 1. The van der Waals surface area contributed by atoms with Gasteiger partial charge in [-0.2, -0.15) is 4.31 Å². The summed E-state index contributed by atoms with van der Waals surface area (Å²) in [5, 5.41) is 15.9. The fraction of sp³-hybridized carbons (Fsp3) is 0.200. The Hall–Kier alpha value is -6.52. The summed E-state index contributed by atoms with van der Waals surface area (Å²) in [5.41, 5.74) is 9.13. The van der Waals surface area contributed by atoms with E-state index < -0.39 is 33.3 Å². The summed E-state index contributed by atoms with van der Waals surface area (Å²) in [6.45, 7) is 1.36. The second-order valence-electron chi connectivity index (χ2n) is 16.6. The fourth-order valence-electron chi connectivity index (χ4n) is 9.73. The highest BCUT2D eigenvalue weighted by atomic mass is 32.2. The average Bonchev–Trinajstić information content (AvgIpc) is 4.10. The van der Waals surface area contributed by atoms with Crippen LogP contribution in [0.15, 0.2) is 147 Å². The van der Waals surface area contributed by atoms with Crippen molar-refractivity contribution in [3.63, 3.8) is 0 Å². The zero-order chi connectivity index (χ0) is 44.6. The molecule has 5 aromatic carbocycles. The molecule has 0 bridgehead atoms. The first-order chi connectivity index (χ1) is 31.5. The van der Waals surface area contributed by atoms with Gasteiger partial charge in [0.05, 0.1) is 45.6 Å². The molecule has 0 spiro atoms. The molecule has 4 aliphatic heterocycles. The summed E-state index contributed by atoms with van der Waals surface area (Å²) in [4.78, 5) is 45.7. The van der Waals surface area contributed by atoms with Gasteiger partial charge >= 0.3 is 17.1 Å². The van der Waals surface area contributed by atoms with Gasteiger partial charge in [-0.1, -0.05) is 60.7 Å². The van der Waals surface area contributed by atoms with Crippen LogP contribution in [0.25, 0.3) is 33.1 Å². The lowest BCUT2D eigenvalue weighted by Crippen LogP contribution is -2.70. The number of thioether (sulfide) groups is 1. The third-order valence-electron chi connectivity index (χ3n) is 12.8. The number of aliphatic carboxylic acids is 1. The number of rotatable bonds is 11. The molecule has 11 rings (SSSR count). The average molecular weight is 921 g/mol. The van der Waals surface area contributed by atoms with Crippen LogP contribution in [0.3, 0.4) is 0 Å². The highest BCUT2D eigenvalue weighted by molar-refractivity contribution is 8.00. The Morgan fingerprint density at radius 2 is 1.43 bits per heavy atom. The van der Waals surface area contributed by atoms with E-state index in [0.29, 0.717) is 22.3 Å². The molecule has 0 radical (unpaired) electrons. The lowest BCUT2D eigenvalue weighted by atomic mass is 9.96. The van der Waals surface area contributed by atoms with Gasteiger partial charge in [0.25, 0.3) is 5.91 Å². The monoisotopic (exact) mass is 920 g/mol. The number of sulfonamides is 1. The first-order valence-electron chi connectivity index (χ1n) is 21.4. The van der Waals surface area contributed by atoms with Crippen LogP contribution in [0.1, 0.15) is 16.0 Å². The number of benzene rings is 5. The normalized spacial score (nSPS) is 18.0. The molecule has 6 heterocycles. The number of nitrogens with one attached hydrogen (secondary N) is 1. The first kappa shape index (κ1) is 41.2. The van der Waals surface area contributed by atoms with Crippen LogP contribution in [0.5, 0.6) is 0 Å². The Labute approximate surface area is 383 Å². The second kappa shape index (κ2) is 16.2. The largest absolute Gasteiger partial charge is 0.477 e. The van der Waals surface area contributed by atoms with Gasteiger partial charge in [-0.05, 0) is 83.5 Å². The van der Waals surface area contributed by atoms with E-state index in [-0.39, 0.29) is 40.8 Å². The van der Waals surface area contributed by atoms with E-state index in [1.165, 1.54) is 46.2 Å². The topological polar surface area (TPSA) is 142 Å². The van der Waals surface area contributed by atoms with E-state index in [1.54, 1.807) is 18.2 Å². The van der Waals surface area contributed by atoms with E-state index in [0.717, 1.165) is 68.6 Å². The van der Waals surface area contributed by atoms with Crippen molar-refractivity contribution in [3.8, 4) is 11.1 Å². The molecule has 1 unspecified atom stereocenters. The first-order valence-corrected chi connectivity index (χ1v) is 24.7. The van der Waals surface area contributed by atoms with Crippen LogP contribution in [0, 0.1) is 0 Å². The lowest BCUT2D eigenvalue weighted by Gasteiger charge is -2.49. The number of hydrogen-bond acceptors (Lipinski definition) is 9. The van der Waals surface area contributed by atoms with Gasteiger partial charge in [-0.15, -0.1) is 23.1 Å². The highest BCUT2D eigenvalue weighted by Gasteiger charge is 2.54. The Balaban J connectivity index is 0.963. The predicted molar refractivity (Wildman–Crippen MR) is 255 cm³/mol.